The van der Waals surface area contributed by atoms with Crippen LogP contribution in [0.4, 0.5) is 0 Å². The van der Waals surface area contributed by atoms with Gasteiger partial charge in [0.1, 0.15) is 5.82 Å². The zero-order valence-corrected chi connectivity index (χ0v) is 15.2. The molecule has 0 saturated heterocycles. The molecule has 0 aliphatic heterocycles. The van der Waals surface area contributed by atoms with E-state index in [9.17, 15) is 4.79 Å². The highest BCUT2D eigenvalue weighted by molar-refractivity contribution is 5.95. The van der Waals surface area contributed by atoms with Crippen LogP contribution >= 0.6 is 24.8 Å². The summed E-state index contributed by atoms with van der Waals surface area (Å²) in [5.74, 6) is 0.757. The molecule has 128 valence electrons. The van der Waals surface area contributed by atoms with E-state index in [0.29, 0.717) is 12.1 Å². The van der Waals surface area contributed by atoms with Crippen molar-refractivity contribution in [1.82, 2.24) is 14.9 Å². The number of carbonyl (C=O) groups excluding carboxylic acids is 1. The summed E-state index contributed by atoms with van der Waals surface area (Å²) in [6.07, 6.45) is 2.52. The number of aryl methyl sites for hydroxylation is 1. The molecular formula is C16H24Cl2N4O. The molecule has 3 N–H and O–H groups in total. The number of hydrogen-bond acceptors (Lipinski definition) is 3. The van der Waals surface area contributed by atoms with Gasteiger partial charge in [-0.2, -0.15) is 0 Å². The standard InChI is InChI=1S/C16H22N4O.2ClH/c1-11(17)7-9-19-16(21)14-10-12(2)20(13(14)3)15-6-4-5-8-18-15;;/h4-6,8,10-11H,7,9,17H2,1-3H3,(H,19,21);2*1H. The predicted molar refractivity (Wildman–Crippen MR) is 98.1 cm³/mol. The zero-order valence-electron chi connectivity index (χ0n) is 13.6. The predicted octanol–water partition coefficient (Wildman–Crippen LogP) is 2.80. The number of aromatic nitrogens is 2. The van der Waals surface area contributed by atoms with Gasteiger partial charge in [-0.25, -0.2) is 4.98 Å². The second-order valence-corrected chi connectivity index (χ2v) is 5.33. The van der Waals surface area contributed by atoms with E-state index in [1.807, 2.05) is 49.6 Å². The van der Waals surface area contributed by atoms with Gasteiger partial charge in [0.2, 0.25) is 0 Å². The number of hydrogen-bond donors (Lipinski definition) is 2. The number of pyridine rings is 1. The molecule has 0 spiro atoms. The van der Waals surface area contributed by atoms with Crippen LogP contribution in [0.15, 0.2) is 30.5 Å². The number of amides is 1. The van der Waals surface area contributed by atoms with Crippen LogP contribution in [-0.4, -0.2) is 28.0 Å². The number of nitrogens with zero attached hydrogens (tertiary/aromatic N) is 2. The van der Waals surface area contributed by atoms with E-state index in [-0.39, 0.29) is 36.8 Å². The molecule has 1 unspecified atom stereocenters. The fourth-order valence-corrected chi connectivity index (χ4v) is 2.34. The Labute approximate surface area is 149 Å². The lowest BCUT2D eigenvalue weighted by molar-refractivity contribution is 0.0952. The lowest BCUT2D eigenvalue weighted by Gasteiger charge is -2.09. The third-order valence-corrected chi connectivity index (χ3v) is 3.44. The molecule has 2 rings (SSSR count). The van der Waals surface area contributed by atoms with Crippen LogP contribution in [0.25, 0.3) is 5.82 Å². The number of halogens is 2. The summed E-state index contributed by atoms with van der Waals surface area (Å²) in [5.41, 5.74) is 8.25. The van der Waals surface area contributed by atoms with Crippen molar-refractivity contribution >= 4 is 30.7 Å². The molecule has 1 atom stereocenters. The van der Waals surface area contributed by atoms with Crippen LogP contribution in [-0.2, 0) is 0 Å². The largest absolute Gasteiger partial charge is 0.352 e. The van der Waals surface area contributed by atoms with Gasteiger partial charge in [0, 0.05) is 30.2 Å². The van der Waals surface area contributed by atoms with Crippen LogP contribution in [0.2, 0.25) is 0 Å². The molecule has 0 radical (unpaired) electrons. The topological polar surface area (TPSA) is 72.9 Å². The molecule has 1 amide bonds. The second-order valence-electron chi connectivity index (χ2n) is 5.33. The molecule has 0 aliphatic rings. The summed E-state index contributed by atoms with van der Waals surface area (Å²) >= 11 is 0. The minimum Gasteiger partial charge on any atom is -0.352 e. The Hall–Kier alpha value is -1.56. The number of carbonyl (C=O) groups is 1. The van der Waals surface area contributed by atoms with Gasteiger partial charge in [0.15, 0.2) is 0 Å². The molecule has 23 heavy (non-hydrogen) atoms. The Bertz CT molecular complexity index is 627. The highest BCUT2D eigenvalue weighted by Crippen LogP contribution is 2.19. The van der Waals surface area contributed by atoms with E-state index in [1.165, 1.54) is 0 Å². The zero-order chi connectivity index (χ0) is 15.4. The van der Waals surface area contributed by atoms with Crippen molar-refractivity contribution in [3.8, 4) is 5.82 Å². The number of nitrogens with one attached hydrogen (secondary N) is 1. The Kier molecular flexibility index (Phi) is 8.90. The summed E-state index contributed by atoms with van der Waals surface area (Å²) in [7, 11) is 0. The molecular weight excluding hydrogens is 335 g/mol. The Morgan fingerprint density at radius 1 is 1.35 bits per heavy atom. The maximum atomic E-state index is 12.3. The van der Waals surface area contributed by atoms with E-state index in [2.05, 4.69) is 10.3 Å². The number of nitrogens with two attached hydrogens (primary N) is 1. The maximum Gasteiger partial charge on any atom is 0.253 e. The lowest BCUT2D eigenvalue weighted by atomic mass is 10.2. The normalized spacial score (nSPS) is 11.1. The fraction of sp³-hybridized carbons (Fsp3) is 0.375. The lowest BCUT2D eigenvalue weighted by Crippen LogP contribution is -2.29. The van der Waals surface area contributed by atoms with Gasteiger partial charge >= 0.3 is 0 Å². The molecule has 0 aromatic carbocycles. The smallest absolute Gasteiger partial charge is 0.253 e. The van der Waals surface area contributed by atoms with Gasteiger partial charge < -0.3 is 15.6 Å². The van der Waals surface area contributed by atoms with Gasteiger partial charge in [-0.1, -0.05) is 6.07 Å². The van der Waals surface area contributed by atoms with Crippen molar-refractivity contribution in [1.29, 1.82) is 0 Å². The second kappa shape index (κ2) is 9.55. The number of rotatable bonds is 5. The SMILES string of the molecule is Cc1cc(C(=O)NCCC(C)N)c(C)n1-c1ccccn1.Cl.Cl. The average molecular weight is 359 g/mol. The first kappa shape index (κ1) is 21.4. The van der Waals surface area contributed by atoms with E-state index in [4.69, 9.17) is 5.73 Å². The molecule has 5 nitrogen and oxygen atoms in total. The van der Waals surface area contributed by atoms with Gasteiger partial charge in [0.25, 0.3) is 5.91 Å². The van der Waals surface area contributed by atoms with E-state index < -0.39 is 0 Å². The third kappa shape index (κ3) is 5.23. The van der Waals surface area contributed by atoms with Crippen molar-refractivity contribution < 1.29 is 4.79 Å². The summed E-state index contributed by atoms with van der Waals surface area (Å²) < 4.78 is 1.99. The first-order valence-corrected chi connectivity index (χ1v) is 7.15. The van der Waals surface area contributed by atoms with E-state index in [0.717, 1.165) is 23.6 Å². The Balaban J connectivity index is 0.00000242. The monoisotopic (exact) mass is 358 g/mol. The van der Waals surface area contributed by atoms with Crippen LogP contribution in [0.3, 0.4) is 0 Å². The quantitative estimate of drug-likeness (QED) is 0.862. The summed E-state index contributed by atoms with van der Waals surface area (Å²) in [6, 6.07) is 7.72. The van der Waals surface area contributed by atoms with Crippen molar-refractivity contribution in [2.45, 2.75) is 33.2 Å². The van der Waals surface area contributed by atoms with Gasteiger partial charge in [-0.05, 0) is 45.4 Å². The maximum absolute atomic E-state index is 12.3. The van der Waals surface area contributed by atoms with Crippen molar-refractivity contribution in [3.05, 3.63) is 47.4 Å². The van der Waals surface area contributed by atoms with Crippen LogP contribution in [0.1, 0.15) is 35.1 Å². The average Bonchev–Trinajstić information content (AvgIpc) is 2.74. The molecule has 2 heterocycles. The van der Waals surface area contributed by atoms with Crippen LogP contribution in [0, 0.1) is 13.8 Å². The van der Waals surface area contributed by atoms with E-state index in [1.54, 1.807) is 6.20 Å². The first-order valence-electron chi connectivity index (χ1n) is 7.15. The van der Waals surface area contributed by atoms with Crippen molar-refractivity contribution in [3.63, 3.8) is 0 Å². The minimum atomic E-state index is -0.0640. The highest BCUT2D eigenvalue weighted by atomic mass is 35.5. The molecule has 0 saturated carbocycles. The Morgan fingerprint density at radius 3 is 2.61 bits per heavy atom. The van der Waals surface area contributed by atoms with Gasteiger partial charge in [-0.15, -0.1) is 24.8 Å². The summed E-state index contributed by atoms with van der Waals surface area (Å²) in [5, 5.41) is 2.91. The molecule has 0 bridgehead atoms. The van der Waals surface area contributed by atoms with Crippen LogP contribution in [0.5, 0.6) is 0 Å². The molecule has 2 aromatic rings. The van der Waals surface area contributed by atoms with Gasteiger partial charge in [0.05, 0.1) is 5.56 Å². The molecule has 0 fully saturated rings. The van der Waals surface area contributed by atoms with Crippen molar-refractivity contribution in [2.24, 2.45) is 5.73 Å². The van der Waals surface area contributed by atoms with Crippen LogP contribution < -0.4 is 11.1 Å². The van der Waals surface area contributed by atoms with E-state index >= 15 is 0 Å². The minimum absolute atomic E-state index is 0. The van der Waals surface area contributed by atoms with Gasteiger partial charge in [-0.3, -0.25) is 4.79 Å². The Morgan fingerprint density at radius 2 is 2.04 bits per heavy atom. The van der Waals surface area contributed by atoms with Crippen molar-refractivity contribution in [2.75, 3.05) is 6.54 Å². The highest BCUT2D eigenvalue weighted by Gasteiger charge is 2.16. The summed E-state index contributed by atoms with van der Waals surface area (Å²) in [4.78, 5) is 16.6. The fourth-order valence-electron chi connectivity index (χ4n) is 2.34. The first-order chi connectivity index (χ1) is 10.0. The summed E-state index contributed by atoms with van der Waals surface area (Å²) in [6.45, 7) is 6.42. The third-order valence-electron chi connectivity index (χ3n) is 3.44. The molecule has 2 aromatic heterocycles. The molecule has 7 heteroatoms. The molecule has 0 aliphatic carbocycles.